The lowest BCUT2D eigenvalue weighted by molar-refractivity contribution is 0.0527. The summed E-state index contributed by atoms with van der Waals surface area (Å²) in [6.07, 6.45) is 4.49. The topological polar surface area (TPSA) is 81.2 Å². The van der Waals surface area contributed by atoms with Gasteiger partial charge < -0.3 is 10.1 Å². The third kappa shape index (κ3) is 3.17. The van der Waals surface area contributed by atoms with Crippen molar-refractivity contribution in [1.29, 1.82) is 0 Å². The third-order valence-corrected chi connectivity index (χ3v) is 2.46. The van der Waals surface area contributed by atoms with E-state index in [1.54, 1.807) is 37.4 Å². The molecule has 0 radical (unpaired) electrons. The number of pyridine rings is 2. The van der Waals surface area contributed by atoms with Gasteiger partial charge in [0.25, 0.3) is 5.91 Å². The second-order valence-electron chi connectivity index (χ2n) is 3.82. The van der Waals surface area contributed by atoms with Gasteiger partial charge in [-0.1, -0.05) is 0 Å². The van der Waals surface area contributed by atoms with Crippen molar-refractivity contribution >= 4 is 17.7 Å². The molecule has 0 aliphatic rings. The molecule has 0 aliphatic carbocycles. The molecule has 2 rings (SSSR count). The van der Waals surface area contributed by atoms with Gasteiger partial charge in [0.05, 0.1) is 12.2 Å². The molecule has 2 heterocycles. The number of nitrogens with zero attached hydrogens (tertiary/aromatic N) is 2. The van der Waals surface area contributed by atoms with E-state index in [1.165, 1.54) is 12.4 Å². The van der Waals surface area contributed by atoms with Crippen LogP contribution in [-0.4, -0.2) is 28.5 Å². The van der Waals surface area contributed by atoms with Crippen LogP contribution >= 0.6 is 0 Å². The van der Waals surface area contributed by atoms with Gasteiger partial charge in [-0.15, -0.1) is 0 Å². The fourth-order valence-corrected chi connectivity index (χ4v) is 1.56. The highest BCUT2D eigenvalue weighted by atomic mass is 16.5. The Bertz CT molecular complexity index is 614. The summed E-state index contributed by atoms with van der Waals surface area (Å²) in [5, 5.41) is 2.58. The van der Waals surface area contributed by atoms with Gasteiger partial charge in [0.1, 0.15) is 11.4 Å². The van der Waals surface area contributed by atoms with E-state index in [0.717, 1.165) is 0 Å². The zero-order chi connectivity index (χ0) is 14.4. The van der Waals surface area contributed by atoms with Gasteiger partial charge in [-0.2, -0.15) is 0 Å². The minimum Gasteiger partial charge on any atom is -0.462 e. The predicted octanol–water partition coefficient (Wildman–Crippen LogP) is 1.91. The molecule has 2 aromatic rings. The molecule has 0 bridgehead atoms. The van der Waals surface area contributed by atoms with Gasteiger partial charge >= 0.3 is 5.97 Å². The first kappa shape index (κ1) is 13.7. The van der Waals surface area contributed by atoms with Crippen LogP contribution in [0, 0.1) is 0 Å². The average molecular weight is 271 g/mol. The molecule has 102 valence electrons. The Morgan fingerprint density at radius 2 is 2.05 bits per heavy atom. The predicted molar refractivity (Wildman–Crippen MR) is 72.4 cm³/mol. The van der Waals surface area contributed by atoms with Crippen molar-refractivity contribution in [3.05, 3.63) is 54.0 Å². The molecule has 0 aliphatic heterocycles. The number of ether oxygens (including phenoxy) is 1. The van der Waals surface area contributed by atoms with Crippen molar-refractivity contribution in [2.75, 3.05) is 11.9 Å². The maximum absolute atomic E-state index is 12.0. The number of esters is 1. The van der Waals surface area contributed by atoms with Gasteiger partial charge in [-0.05, 0) is 31.2 Å². The van der Waals surface area contributed by atoms with Crippen LogP contribution in [0.15, 0.2) is 42.9 Å². The fourth-order valence-electron chi connectivity index (χ4n) is 1.56. The largest absolute Gasteiger partial charge is 0.462 e. The van der Waals surface area contributed by atoms with Crippen LogP contribution in [-0.2, 0) is 4.74 Å². The molecule has 6 heteroatoms. The molecule has 0 atom stereocenters. The average Bonchev–Trinajstić information content (AvgIpc) is 2.49. The standard InChI is InChI=1S/C14H13N3O3/c1-2-20-14(19)11-6-4-8-16-12(11)17-13(18)10-5-3-7-15-9-10/h3-9H,2H2,1H3,(H,16,17,18). The summed E-state index contributed by atoms with van der Waals surface area (Å²) in [4.78, 5) is 31.6. The Morgan fingerprint density at radius 1 is 1.25 bits per heavy atom. The van der Waals surface area contributed by atoms with Crippen LogP contribution in [0.4, 0.5) is 5.82 Å². The summed E-state index contributed by atoms with van der Waals surface area (Å²) in [6, 6.07) is 6.42. The normalized spacial score (nSPS) is 9.85. The SMILES string of the molecule is CCOC(=O)c1cccnc1NC(=O)c1cccnc1. The number of carbonyl (C=O) groups excluding carboxylic acids is 2. The van der Waals surface area contributed by atoms with Gasteiger partial charge in [0.15, 0.2) is 0 Å². The van der Waals surface area contributed by atoms with Crippen molar-refractivity contribution in [3.8, 4) is 0 Å². The second-order valence-corrected chi connectivity index (χ2v) is 3.82. The number of rotatable bonds is 4. The summed E-state index contributed by atoms with van der Waals surface area (Å²) in [6.45, 7) is 1.96. The van der Waals surface area contributed by atoms with Gasteiger partial charge in [-0.3, -0.25) is 9.78 Å². The Balaban J connectivity index is 2.21. The summed E-state index contributed by atoms with van der Waals surface area (Å²) >= 11 is 0. The first-order valence-corrected chi connectivity index (χ1v) is 6.06. The molecular weight excluding hydrogens is 258 g/mol. The molecule has 0 aromatic carbocycles. The molecule has 0 spiro atoms. The molecule has 20 heavy (non-hydrogen) atoms. The van der Waals surface area contributed by atoms with E-state index in [4.69, 9.17) is 4.74 Å². The van der Waals surface area contributed by atoms with E-state index in [2.05, 4.69) is 15.3 Å². The van der Waals surface area contributed by atoms with Crippen molar-refractivity contribution in [2.45, 2.75) is 6.92 Å². The molecule has 1 N–H and O–H groups in total. The van der Waals surface area contributed by atoms with E-state index in [1.807, 2.05) is 0 Å². The van der Waals surface area contributed by atoms with E-state index >= 15 is 0 Å². The number of carbonyl (C=O) groups is 2. The quantitative estimate of drug-likeness (QED) is 0.859. The lowest BCUT2D eigenvalue weighted by atomic mass is 10.2. The lowest BCUT2D eigenvalue weighted by Crippen LogP contribution is -2.17. The van der Waals surface area contributed by atoms with Crippen molar-refractivity contribution < 1.29 is 14.3 Å². The monoisotopic (exact) mass is 271 g/mol. The third-order valence-electron chi connectivity index (χ3n) is 2.46. The van der Waals surface area contributed by atoms with Crippen LogP contribution in [0.5, 0.6) is 0 Å². The molecule has 6 nitrogen and oxygen atoms in total. The van der Waals surface area contributed by atoms with Crippen LogP contribution < -0.4 is 5.32 Å². The van der Waals surface area contributed by atoms with Crippen molar-refractivity contribution in [1.82, 2.24) is 9.97 Å². The summed E-state index contributed by atoms with van der Waals surface area (Å²) in [5.74, 6) is -0.746. The first-order valence-electron chi connectivity index (χ1n) is 6.06. The number of aromatic nitrogens is 2. The Morgan fingerprint density at radius 3 is 2.75 bits per heavy atom. The maximum Gasteiger partial charge on any atom is 0.341 e. The Hall–Kier alpha value is -2.76. The Labute approximate surface area is 115 Å². The second kappa shape index (κ2) is 6.42. The smallest absolute Gasteiger partial charge is 0.341 e. The van der Waals surface area contributed by atoms with Crippen molar-refractivity contribution in [2.24, 2.45) is 0 Å². The fraction of sp³-hybridized carbons (Fsp3) is 0.143. The van der Waals surface area contributed by atoms with Crippen LogP contribution in [0.1, 0.15) is 27.6 Å². The highest BCUT2D eigenvalue weighted by molar-refractivity contribution is 6.06. The van der Waals surface area contributed by atoms with Gasteiger partial charge in [0, 0.05) is 18.6 Å². The van der Waals surface area contributed by atoms with Gasteiger partial charge in [0.2, 0.25) is 0 Å². The summed E-state index contributed by atoms with van der Waals surface area (Å²) in [7, 11) is 0. The Kier molecular flexibility index (Phi) is 4.39. The van der Waals surface area contributed by atoms with Crippen LogP contribution in [0.3, 0.4) is 0 Å². The van der Waals surface area contributed by atoms with Crippen LogP contribution in [0.2, 0.25) is 0 Å². The molecular formula is C14H13N3O3. The van der Waals surface area contributed by atoms with Gasteiger partial charge in [-0.25, -0.2) is 9.78 Å². The van der Waals surface area contributed by atoms with E-state index in [-0.39, 0.29) is 23.9 Å². The number of anilines is 1. The van der Waals surface area contributed by atoms with E-state index in [0.29, 0.717) is 5.56 Å². The number of nitrogens with one attached hydrogen (secondary N) is 1. The number of hydrogen-bond donors (Lipinski definition) is 1. The number of amides is 1. The van der Waals surface area contributed by atoms with E-state index in [9.17, 15) is 9.59 Å². The molecule has 0 saturated heterocycles. The lowest BCUT2D eigenvalue weighted by Gasteiger charge is -2.08. The van der Waals surface area contributed by atoms with Crippen molar-refractivity contribution in [3.63, 3.8) is 0 Å². The van der Waals surface area contributed by atoms with Crippen LogP contribution in [0.25, 0.3) is 0 Å². The molecule has 2 aromatic heterocycles. The maximum atomic E-state index is 12.0. The summed E-state index contributed by atoms with van der Waals surface area (Å²) < 4.78 is 4.91. The molecule has 0 fully saturated rings. The zero-order valence-electron chi connectivity index (χ0n) is 10.9. The highest BCUT2D eigenvalue weighted by Crippen LogP contribution is 2.14. The molecule has 1 amide bonds. The minimum absolute atomic E-state index is 0.166. The first-order chi connectivity index (χ1) is 9.72. The van der Waals surface area contributed by atoms with E-state index < -0.39 is 5.97 Å². The summed E-state index contributed by atoms with van der Waals surface area (Å²) in [5.41, 5.74) is 0.597. The minimum atomic E-state index is -0.526. The zero-order valence-corrected chi connectivity index (χ0v) is 10.9. The molecule has 0 unspecified atom stereocenters. The number of hydrogen-bond acceptors (Lipinski definition) is 5. The molecule has 0 saturated carbocycles. The highest BCUT2D eigenvalue weighted by Gasteiger charge is 2.16.